The van der Waals surface area contributed by atoms with Gasteiger partial charge in [-0.3, -0.25) is 4.57 Å². The highest BCUT2D eigenvalue weighted by molar-refractivity contribution is 8.13. The quantitative estimate of drug-likeness (QED) is 0.815. The zero-order chi connectivity index (χ0) is 14.5. The fourth-order valence-corrected chi connectivity index (χ4v) is 2.89. The summed E-state index contributed by atoms with van der Waals surface area (Å²) in [5.41, 5.74) is -0.143. The normalized spacial score (nSPS) is 15.6. The van der Waals surface area contributed by atoms with Gasteiger partial charge in [-0.15, -0.1) is 10.2 Å². The molecule has 0 unspecified atom stereocenters. The van der Waals surface area contributed by atoms with Gasteiger partial charge in [0, 0.05) is 16.7 Å². The molecular weight excluding hydrogens is 312 g/mol. The second kappa shape index (κ2) is 4.49. The molecule has 1 aromatic carbocycles. The lowest BCUT2D eigenvalue weighted by atomic mass is 10.2. The number of aromatic nitrogens is 3. The molecule has 0 radical (unpaired) electrons. The standard InChI is InChI=1S/C11H8ClF2N3O2S/c12-20(18,19)11-16-15-10(17(11)6-4-5-6)7-2-1-3-8(13)9(7)14/h1-3,6H,4-5H2. The van der Waals surface area contributed by atoms with Crippen molar-refractivity contribution < 1.29 is 17.2 Å². The number of rotatable bonds is 3. The van der Waals surface area contributed by atoms with Crippen LogP contribution in [0.3, 0.4) is 0 Å². The molecule has 106 valence electrons. The Balaban J connectivity index is 2.25. The van der Waals surface area contributed by atoms with Crippen LogP contribution in [0.4, 0.5) is 8.78 Å². The molecule has 2 aromatic rings. The summed E-state index contributed by atoms with van der Waals surface area (Å²) in [4.78, 5) is 0. The van der Waals surface area contributed by atoms with E-state index in [1.807, 2.05) is 0 Å². The van der Waals surface area contributed by atoms with E-state index in [1.54, 1.807) is 0 Å². The van der Waals surface area contributed by atoms with E-state index in [1.165, 1.54) is 16.7 Å². The van der Waals surface area contributed by atoms with Crippen molar-refractivity contribution in [2.75, 3.05) is 0 Å². The van der Waals surface area contributed by atoms with Gasteiger partial charge < -0.3 is 0 Å². The summed E-state index contributed by atoms with van der Waals surface area (Å²) in [6.07, 6.45) is 1.42. The number of benzene rings is 1. The highest BCUT2D eigenvalue weighted by Gasteiger charge is 2.35. The smallest absolute Gasteiger partial charge is 0.294 e. The number of hydrogen-bond acceptors (Lipinski definition) is 4. The van der Waals surface area contributed by atoms with E-state index < -0.39 is 25.8 Å². The molecule has 1 fully saturated rings. The van der Waals surface area contributed by atoms with Crippen molar-refractivity contribution in [1.82, 2.24) is 14.8 Å². The largest absolute Gasteiger partial charge is 0.296 e. The number of halogens is 3. The van der Waals surface area contributed by atoms with Gasteiger partial charge in [0.2, 0.25) is 0 Å². The number of nitrogens with zero attached hydrogens (tertiary/aromatic N) is 3. The van der Waals surface area contributed by atoms with E-state index in [9.17, 15) is 17.2 Å². The summed E-state index contributed by atoms with van der Waals surface area (Å²) < 4.78 is 51.3. The monoisotopic (exact) mass is 319 g/mol. The van der Waals surface area contributed by atoms with E-state index in [2.05, 4.69) is 10.2 Å². The Morgan fingerprint density at radius 2 is 1.95 bits per heavy atom. The molecule has 0 N–H and O–H groups in total. The third-order valence-corrected chi connectivity index (χ3v) is 4.12. The van der Waals surface area contributed by atoms with Crippen molar-refractivity contribution >= 4 is 19.7 Å². The second-order valence-electron chi connectivity index (χ2n) is 4.45. The van der Waals surface area contributed by atoms with Crippen LogP contribution in [0.25, 0.3) is 11.4 Å². The van der Waals surface area contributed by atoms with Gasteiger partial charge >= 0.3 is 0 Å². The van der Waals surface area contributed by atoms with Gasteiger partial charge in [-0.05, 0) is 25.0 Å². The predicted octanol–water partition coefficient (Wildman–Crippen LogP) is 2.49. The SMILES string of the molecule is O=S(=O)(Cl)c1nnc(-c2cccc(F)c2F)n1C1CC1. The lowest BCUT2D eigenvalue weighted by molar-refractivity contribution is 0.509. The molecule has 5 nitrogen and oxygen atoms in total. The minimum absolute atomic E-state index is 0.0382. The first kappa shape index (κ1) is 13.4. The van der Waals surface area contributed by atoms with Gasteiger partial charge in [0.15, 0.2) is 17.5 Å². The molecule has 0 amide bonds. The molecule has 0 saturated heterocycles. The van der Waals surface area contributed by atoms with E-state index in [0.29, 0.717) is 12.8 Å². The minimum Gasteiger partial charge on any atom is -0.294 e. The van der Waals surface area contributed by atoms with Crippen molar-refractivity contribution in [2.45, 2.75) is 24.0 Å². The molecule has 0 bridgehead atoms. The maximum Gasteiger partial charge on any atom is 0.296 e. The van der Waals surface area contributed by atoms with Crippen LogP contribution in [0.2, 0.25) is 0 Å². The van der Waals surface area contributed by atoms with Crippen LogP contribution in [0.5, 0.6) is 0 Å². The topological polar surface area (TPSA) is 64.8 Å². The first-order chi connectivity index (χ1) is 9.39. The van der Waals surface area contributed by atoms with Crippen molar-refractivity contribution in [3.05, 3.63) is 29.8 Å². The van der Waals surface area contributed by atoms with Gasteiger partial charge in [0.1, 0.15) is 0 Å². The van der Waals surface area contributed by atoms with E-state index >= 15 is 0 Å². The van der Waals surface area contributed by atoms with Gasteiger partial charge in [0.25, 0.3) is 14.2 Å². The first-order valence-corrected chi connectivity index (χ1v) is 8.04. The maximum atomic E-state index is 13.8. The van der Waals surface area contributed by atoms with Crippen LogP contribution >= 0.6 is 10.7 Å². The Labute approximate surface area is 117 Å². The molecule has 1 aliphatic rings. The van der Waals surface area contributed by atoms with E-state index in [0.717, 1.165) is 6.07 Å². The fourth-order valence-electron chi connectivity index (χ4n) is 1.97. The Hall–Kier alpha value is -1.54. The fraction of sp³-hybridized carbons (Fsp3) is 0.273. The first-order valence-electron chi connectivity index (χ1n) is 5.73. The molecule has 20 heavy (non-hydrogen) atoms. The van der Waals surface area contributed by atoms with Gasteiger partial charge in [-0.1, -0.05) is 6.07 Å². The Morgan fingerprint density at radius 3 is 2.55 bits per heavy atom. The van der Waals surface area contributed by atoms with Crippen LogP contribution < -0.4 is 0 Å². The van der Waals surface area contributed by atoms with Crippen LogP contribution in [0.15, 0.2) is 23.4 Å². The molecule has 0 spiro atoms. The van der Waals surface area contributed by atoms with Gasteiger partial charge in [-0.25, -0.2) is 17.2 Å². The van der Waals surface area contributed by atoms with E-state index in [4.69, 9.17) is 10.7 Å². The van der Waals surface area contributed by atoms with Crippen molar-refractivity contribution in [1.29, 1.82) is 0 Å². The molecular formula is C11H8ClF2N3O2S. The molecule has 9 heteroatoms. The summed E-state index contributed by atoms with van der Waals surface area (Å²) in [5, 5.41) is 6.71. The summed E-state index contributed by atoms with van der Waals surface area (Å²) in [7, 11) is 1.19. The third-order valence-electron chi connectivity index (χ3n) is 2.99. The Bertz CT molecular complexity index is 787. The third kappa shape index (κ3) is 2.18. The molecule has 1 aliphatic carbocycles. The highest BCUT2D eigenvalue weighted by Crippen LogP contribution is 2.40. The van der Waals surface area contributed by atoms with Gasteiger partial charge in [-0.2, -0.15) is 0 Å². The average molecular weight is 320 g/mol. The van der Waals surface area contributed by atoms with Crippen molar-refractivity contribution in [3.8, 4) is 11.4 Å². The Kier molecular flexibility index (Phi) is 3.02. The summed E-state index contributed by atoms with van der Waals surface area (Å²) in [6, 6.07) is 3.43. The zero-order valence-corrected chi connectivity index (χ0v) is 11.5. The van der Waals surface area contributed by atoms with Crippen molar-refractivity contribution in [3.63, 3.8) is 0 Å². The van der Waals surface area contributed by atoms with Crippen LogP contribution in [-0.4, -0.2) is 23.2 Å². The van der Waals surface area contributed by atoms with Crippen LogP contribution in [-0.2, 0) is 9.05 Å². The molecule has 0 aliphatic heterocycles. The molecule has 1 aromatic heterocycles. The zero-order valence-electron chi connectivity index (χ0n) is 9.92. The highest BCUT2D eigenvalue weighted by atomic mass is 35.7. The lowest BCUT2D eigenvalue weighted by Gasteiger charge is -2.08. The average Bonchev–Trinajstić information content (AvgIpc) is 3.10. The maximum absolute atomic E-state index is 13.8. The van der Waals surface area contributed by atoms with Gasteiger partial charge in [0.05, 0.1) is 5.56 Å². The summed E-state index contributed by atoms with van der Waals surface area (Å²) in [6.45, 7) is 0. The molecule has 1 saturated carbocycles. The van der Waals surface area contributed by atoms with E-state index in [-0.39, 0.29) is 17.4 Å². The molecule has 0 atom stereocenters. The van der Waals surface area contributed by atoms with Crippen LogP contribution in [0, 0.1) is 11.6 Å². The molecule has 3 rings (SSSR count). The lowest BCUT2D eigenvalue weighted by Crippen LogP contribution is -2.07. The number of hydrogen-bond donors (Lipinski definition) is 0. The predicted molar refractivity (Wildman–Crippen MR) is 66.7 cm³/mol. The summed E-state index contributed by atoms with van der Waals surface area (Å²) >= 11 is 0. The minimum atomic E-state index is -4.10. The Morgan fingerprint density at radius 1 is 1.25 bits per heavy atom. The van der Waals surface area contributed by atoms with Crippen molar-refractivity contribution in [2.24, 2.45) is 0 Å². The summed E-state index contributed by atoms with van der Waals surface area (Å²) in [5.74, 6) is -2.17. The second-order valence-corrected chi connectivity index (χ2v) is 6.91. The molecule has 1 heterocycles. The van der Waals surface area contributed by atoms with Crippen LogP contribution in [0.1, 0.15) is 18.9 Å².